The zero-order valence-electron chi connectivity index (χ0n) is 17.2. The van der Waals surface area contributed by atoms with E-state index in [4.69, 9.17) is 62.7 Å². The first-order valence-corrected chi connectivity index (χ1v) is 12.3. The number of hydrogen-bond acceptors (Lipinski definition) is 4. The van der Waals surface area contributed by atoms with E-state index in [0.717, 1.165) is 15.2 Å². The summed E-state index contributed by atoms with van der Waals surface area (Å²) in [5.41, 5.74) is 3.15. The molecule has 1 heterocycles. The van der Waals surface area contributed by atoms with Crippen molar-refractivity contribution in [1.82, 2.24) is 4.98 Å². The first kappa shape index (κ1) is 24.4. The summed E-state index contributed by atoms with van der Waals surface area (Å²) in [7, 11) is 0. The van der Waals surface area contributed by atoms with E-state index in [1.165, 1.54) is 11.3 Å². The summed E-state index contributed by atoms with van der Waals surface area (Å²) in [5, 5.41) is 5.14. The molecule has 10 heteroatoms. The maximum absolute atomic E-state index is 12.6. The molecule has 33 heavy (non-hydrogen) atoms. The number of nitrogens with zero attached hydrogens (tertiary/aromatic N) is 1. The number of carbonyl (C=O) groups is 1. The van der Waals surface area contributed by atoms with Crippen LogP contribution in [0.5, 0.6) is 5.75 Å². The van der Waals surface area contributed by atoms with E-state index >= 15 is 0 Å². The van der Waals surface area contributed by atoms with Crippen LogP contribution < -0.4 is 10.1 Å². The predicted octanol–water partition coefficient (Wildman–Crippen LogP) is 8.86. The molecule has 0 radical (unpaired) electrons. The molecule has 1 amide bonds. The Kier molecular flexibility index (Phi) is 7.29. The van der Waals surface area contributed by atoms with Gasteiger partial charge in [0.25, 0.3) is 5.91 Å². The molecule has 170 valence electrons. The van der Waals surface area contributed by atoms with Gasteiger partial charge < -0.3 is 10.1 Å². The number of para-hydroxylation sites is 1. The van der Waals surface area contributed by atoms with Gasteiger partial charge in [-0.25, -0.2) is 4.98 Å². The van der Waals surface area contributed by atoms with Crippen molar-refractivity contribution in [2.75, 3.05) is 11.9 Å². The van der Waals surface area contributed by atoms with Crippen LogP contribution >= 0.6 is 69.3 Å². The number of anilines is 1. The largest absolute Gasteiger partial charge is 0.481 e. The standard InChI is InChI=1S/C23H15Cl5N2O2S/c1-10-19(26)11(2)21(28)22(20(10)27)32-9-18(31)29-16-7-12(13(24)8-14(16)25)23-30-15-5-3-4-6-17(15)33-23/h3-8H,9H2,1-2H3,(H,29,31). The van der Waals surface area contributed by atoms with Crippen molar-refractivity contribution in [1.29, 1.82) is 0 Å². The summed E-state index contributed by atoms with van der Waals surface area (Å²) in [6.07, 6.45) is 0. The highest BCUT2D eigenvalue weighted by Gasteiger charge is 2.20. The molecule has 0 aliphatic carbocycles. The lowest BCUT2D eigenvalue weighted by atomic mass is 10.1. The van der Waals surface area contributed by atoms with E-state index in [-0.39, 0.29) is 27.4 Å². The average molecular weight is 561 g/mol. The average Bonchev–Trinajstić information content (AvgIpc) is 3.22. The number of halogens is 5. The number of benzene rings is 3. The normalized spacial score (nSPS) is 11.1. The quantitative estimate of drug-likeness (QED) is 0.265. The van der Waals surface area contributed by atoms with Crippen LogP contribution in [0.15, 0.2) is 36.4 Å². The van der Waals surface area contributed by atoms with Gasteiger partial charge in [0.05, 0.1) is 36.0 Å². The Morgan fingerprint density at radius 3 is 2.30 bits per heavy atom. The maximum atomic E-state index is 12.6. The summed E-state index contributed by atoms with van der Waals surface area (Å²) in [4.78, 5) is 17.2. The zero-order chi connectivity index (χ0) is 23.9. The van der Waals surface area contributed by atoms with Crippen LogP contribution in [0.4, 0.5) is 5.69 Å². The number of hydrogen-bond donors (Lipinski definition) is 1. The van der Waals surface area contributed by atoms with Crippen LogP contribution in [0.2, 0.25) is 25.1 Å². The van der Waals surface area contributed by atoms with Crippen molar-refractivity contribution in [3.8, 4) is 16.3 Å². The second-order valence-electron chi connectivity index (χ2n) is 7.16. The molecule has 4 aromatic rings. The highest BCUT2D eigenvalue weighted by atomic mass is 35.5. The Morgan fingerprint density at radius 1 is 0.970 bits per heavy atom. The SMILES string of the molecule is Cc1c(Cl)c(C)c(Cl)c(OCC(=O)Nc2cc(-c3nc4ccccc4s3)c(Cl)cc2Cl)c1Cl. The van der Waals surface area contributed by atoms with Crippen molar-refractivity contribution in [2.45, 2.75) is 13.8 Å². The van der Waals surface area contributed by atoms with Gasteiger partial charge >= 0.3 is 0 Å². The van der Waals surface area contributed by atoms with Gasteiger partial charge in [0.1, 0.15) is 5.01 Å². The number of fused-ring (bicyclic) bond motifs is 1. The van der Waals surface area contributed by atoms with Crippen molar-refractivity contribution in [2.24, 2.45) is 0 Å². The third-order valence-electron chi connectivity index (χ3n) is 4.92. The molecule has 0 unspecified atom stereocenters. The second-order valence-corrected chi connectivity index (χ2v) is 10.1. The van der Waals surface area contributed by atoms with Gasteiger partial charge in [0.2, 0.25) is 0 Å². The van der Waals surface area contributed by atoms with Gasteiger partial charge in [-0.2, -0.15) is 0 Å². The number of amides is 1. The molecule has 3 aromatic carbocycles. The highest BCUT2D eigenvalue weighted by molar-refractivity contribution is 7.21. The van der Waals surface area contributed by atoms with Crippen molar-refractivity contribution in [3.63, 3.8) is 0 Å². The van der Waals surface area contributed by atoms with E-state index in [1.807, 2.05) is 24.3 Å². The van der Waals surface area contributed by atoms with E-state index in [1.54, 1.807) is 26.0 Å². The van der Waals surface area contributed by atoms with Gasteiger partial charge in [-0.15, -0.1) is 11.3 Å². The molecular weight excluding hydrogens is 546 g/mol. The minimum Gasteiger partial charge on any atom is -0.481 e. The third kappa shape index (κ3) is 4.90. The molecule has 4 nitrogen and oxygen atoms in total. The fourth-order valence-corrected chi connectivity index (χ4v) is 5.55. The lowest BCUT2D eigenvalue weighted by Crippen LogP contribution is -2.20. The Bertz CT molecular complexity index is 1340. The summed E-state index contributed by atoms with van der Waals surface area (Å²) in [5.74, 6) is -0.253. The molecule has 0 saturated heterocycles. The summed E-state index contributed by atoms with van der Waals surface area (Å²) in [6.45, 7) is 3.16. The fourth-order valence-electron chi connectivity index (χ4n) is 3.16. The van der Waals surface area contributed by atoms with Crippen molar-refractivity contribution >= 4 is 91.2 Å². The molecule has 0 saturated carbocycles. The van der Waals surface area contributed by atoms with Crippen molar-refractivity contribution < 1.29 is 9.53 Å². The fraction of sp³-hybridized carbons (Fsp3) is 0.130. The highest BCUT2D eigenvalue weighted by Crippen LogP contribution is 2.43. The van der Waals surface area contributed by atoms with Crippen LogP contribution in [0.1, 0.15) is 11.1 Å². The van der Waals surface area contributed by atoms with Gasteiger partial charge in [0, 0.05) is 10.6 Å². The van der Waals surface area contributed by atoms with Gasteiger partial charge in [-0.05, 0) is 49.2 Å². The van der Waals surface area contributed by atoms with Crippen LogP contribution in [0.3, 0.4) is 0 Å². The lowest BCUT2D eigenvalue weighted by molar-refractivity contribution is -0.118. The van der Waals surface area contributed by atoms with Gasteiger partial charge in [-0.3, -0.25) is 4.79 Å². The van der Waals surface area contributed by atoms with E-state index in [9.17, 15) is 4.79 Å². The number of aromatic nitrogens is 1. The van der Waals surface area contributed by atoms with Gasteiger partial charge in [-0.1, -0.05) is 70.1 Å². The van der Waals surface area contributed by atoms with Gasteiger partial charge in [0.15, 0.2) is 12.4 Å². The first-order valence-electron chi connectivity index (χ1n) is 9.58. The Balaban J connectivity index is 1.56. The molecule has 0 aliphatic heterocycles. The molecule has 0 atom stereocenters. The Labute approximate surface area is 219 Å². The zero-order valence-corrected chi connectivity index (χ0v) is 21.8. The molecule has 0 spiro atoms. The predicted molar refractivity (Wildman–Crippen MR) is 140 cm³/mol. The maximum Gasteiger partial charge on any atom is 0.262 e. The van der Waals surface area contributed by atoms with E-state index in [0.29, 0.717) is 32.4 Å². The molecule has 0 fully saturated rings. The van der Waals surface area contributed by atoms with Crippen molar-refractivity contribution in [3.05, 3.63) is 72.6 Å². The molecule has 1 aromatic heterocycles. The number of rotatable bonds is 5. The third-order valence-corrected chi connectivity index (χ3v) is 8.09. The second kappa shape index (κ2) is 9.87. The minimum absolute atomic E-state index is 0.199. The number of thiazole rings is 1. The monoisotopic (exact) mass is 558 g/mol. The first-order chi connectivity index (χ1) is 15.7. The number of nitrogens with one attached hydrogen (secondary N) is 1. The van der Waals surface area contributed by atoms with Crippen LogP contribution in [-0.2, 0) is 4.79 Å². The summed E-state index contributed by atoms with van der Waals surface area (Å²) < 4.78 is 6.65. The summed E-state index contributed by atoms with van der Waals surface area (Å²) in [6, 6.07) is 11.0. The van der Waals surface area contributed by atoms with E-state index in [2.05, 4.69) is 10.3 Å². The topological polar surface area (TPSA) is 51.2 Å². The number of carbonyl (C=O) groups excluding carboxylic acids is 1. The molecule has 1 N–H and O–H groups in total. The molecule has 4 rings (SSSR count). The van der Waals surface area contributed by atoms with Crippen LogP contribution in [0.25, 0.3) is 20.8 Å². The molecular formula is C23H15Cl5N2O2S. The lowest BCUT2D eigenvalue weighted by Gasteiger charge is -2.16. The smallest absolute Gasteiger partial charge is 0.262 e. The molecule has 0 bridgehead atoms. The number of ether oxygens (including phenoxy) is 1. The Morgan fingerprint density at radius 2 is 1.64 bits per heavy atom. The van der Waals surface area contributed by atoms with Crippen LogP contribution in [0, 0.1) is 13.8 Å². The van der Waals surface area contributed by atoms with E-state index < -0.39 is 5.91 Å². The molecule has 0 aliphatic rings. The Hall–Kier alpha value is -1.73. The summed E-state index contributed by atoms with van der Waals surface area (Å²) >= 11 is 33.1. The van der Waals surface area contributed by atoms with Crippen LogP contribution in [-0.4, -0.2) is 17.5 Å². The minimum atomic E-state index is -0.452.